The number of nitrogens with one attached hydrogen (secondary N) is 1. The zero-order valence-electron chi connectivity index (χ0n) is 10.2. The lowest BCUT2D eigenvalue weighted by molar-refractivity contribution is 0.543. The van der Waals surface area contributed by atoms with Gasteiger partial charge in [-0.25, -0.2) is 18.7 Å². The minimum Gasteiger partial charge on any atom is -0.306 e. The first-order chi connectivity index (χ1) is 9.13. The second-order valence-corrected chi connectivity index (χ2v) is 4.36. The van der Waals surface area contributed by atoms with E-state index in [1.165, 1.54) is 6.33 Å². The predicted molar refractivity (Wildman–Crippen MR) is 68.9 cm³/mol. The van der Waals surface area contributed by atoms with E-state index < -0.39 is 17.7 Å². The van der Waals surface area contributed by atoms with Crippen LogP contribution in [0.25, 0.3) is 0 Å². The van der Waals surface area contributed by atoms with Crippen LogP contribution < -0.4 is 5.32 Å². The summed E-state index contributed by atoms with van der Waals surface area (Å²) in [4.78, 5) is 7.78. The average Bonchev–Trinajstić information content (AvgIpc) is 2.42. The number of rotatable bonds is 4. The van der Waals surface area contributed by atoms with E-state index in [1.54, 1.807) is 12.4 Å². The van der Waals surface area contributed by atoms with Crippen molar-refractivity contribution in [2.24, 2.45) is 0 Å². The molecule has 1 N–H and O–H groups in total. The van der Waals surface area contributed by atoms with E-state index in [-0.39, 0.29) is 10.6 Å². The van der Waals surface area contributed by atoms with Gasteiger partial charge in [0.1, 0.15) is 18.0 Å². The number of benzene rings is 1. The second kappa shape index (κ2) is 6.04. The van der Waals surface area contributed by atoms with Crippen molar-refractivity contribution < 1.29 is 8.78 Å². The van der Waals surface area contributed by atoms with Crippen LogP contribution in [0.1, 0.15) is 24.1 Å². The highest BCUT2D eigenvalue weighted by Gasteiger charge is 2.19. The molecule has 19 heavy (non-hydrogen) atoms. The standard InChI is InChI=1S/C13H12ClF2N3/c1-2-19-13(8-5-17-7-18-6-8)9-3-12(16)10(14)4-11(9)15/h3-7,13,19H,2H2,1H3. The summed E-state index contributed by atoms with van der Waals surface area (Å²) in [5.74, 6) is -1.22. The van der Waals surface area contributed by atoms with Gasteiger partial charge in [-0.1, -0.05) is 18.5 Å². The Hall–Kier alpha value is -1.59. The Morgan fingerprint density at radius 1 is 1.21 bits per heavy atom. The summed E-state index contributed by atoms with van der Waals surface area (Å²) >= 11 is 5.55. The number of nitrogens with zero attached hydrogens (tertiary/aromatic N) is 2. The first kappa shape index (κ1) is 13.8. The molecular weight excluding hydrogens is 272 g/mol. The maximum Gasteiger partial charge on any atom is 0.142 e. The molecule has 1 atom stereocenters. The first-order valence-electron chi connectivity index (χ1n) is 5.76. The van der Waals surface area contributed by atoms with Crippen molar-refractivity contribution >= 4 is 11.6 Å². The zero-order valence-corrected chi connectivity index (χ0v) is 11.0. The minimum atomic E-state index is -0.655. The van der Waals surface area contributed by atoms with E-state index >= 15 is 0 Å². The first-order valence-corrected chi connectivity index (χ1v) is 6.14. The molecule has 1 aromatic carbocycles. The lowest BCUT2D eigenvalue weighted by atomic mass is 10.0. The molecule has 2 rings (SSSR count). The van der Waals surface area contributed by atoms with Crippen molar-refractivity contribution in [3.63, 3.8) is 0 Å². The summed E-state index contributed by atoms with van der Waals surface area (Å²) in [5.41, 5.74) is 0.837. The van der Waals surface area contributed by atoms with Gasteiger partial charge in [0.2, 0.25) is 0 Å². The molecule has 0 aliphatic carbocycles. The van der Waals surface area contributed by atoms with Gasteiger partial charge >= 0.3 is 0 Å². The van der Waals surface area contributed by atoms with Crippen LogP contribution in [0.15, 0.2) is 30.9 Å². The highest BCUT2D eigenvalue weighted by molar-refractivity contribution is 6.30. The van der Waals surface area contributed by atoms with Crippen LogP contribution >= 0.6 is 11.6 Å². The van der Waals surface area contributed by atoms with Crippen molar-refractivity contribution in [3.8, 4) is 0 Å². The molecule has 6 heteroatoms. The Morgan fingerprint density at radius 2 is 1.89 bits per heavy atom. The molecule has 0 radical (unpaired) electrons. The van der Waals surface area contributed by atoms with Crippen molar-refractivity contribution in [2.75, 3.05) is 6.54 Å². The molecule has 1 aromatic heterocycles. The SMILES string of the molecule is CCNC(c1cncnc1)c1cc(F)c(Cl)cc1F. The highest BCUT2D eigenvalue weighted by Crippen LogP contribution is 2.27. The van der Waals surface area contributed by atoms with Gasteiger partial charge in [-0.2, -0.15) is 0 Å². The van der Waals surface area contributed by atoms with Crippen molar-refractivity contribution in [1.29, 1.82) is 0 Å². The Morgan fingerprint density at radius 3 is 2.53 bits per heavy atom. The molecule has 2 aromatic rings. The molecule has 0 spiro atoms. The molecule has 0 amide bonds. The van der Waals surface area contributed by atoms with Crippen molar-refractivity contribution in [2.45, 2.75) is 13.0 Å². The topological polar surface area (TPSA) is 37.8 Å². The fourth-order valence-electron chi connectivity index (χ4n) is 1.83. The largest absolute Gasteiger partial charge is 0.306 e. The maximum atomic E-state index is 14.0. The maximum absolute atomic E-state index is 14.0. The summed E-state index contributed by atoms with van der Waals surface area (Å²) in [5, 5.41) is 2.84. The second-order valence-electron chi connectivity index (χ2n) is 3.95. The van der Waals surface area contributed by atoms with Crippen LogP contribution in [0, 0.1) is 11.6 Å². The molecule has 0 saturated heterocycles. The Balaban J connectivity index is 2.48. The fourth-order valence-corrected chi connectivity index (χ4v) is 1.98. The molecule has 1 unspecified atom stereocenters. The lowest BCUT2D eigenvalue weighted by Gasteiger charge is -2.19. The van der Waals surface area contributed by atoms with Gasteiger partial charge in [0, 0.05) is 23.5 Å². The third kappa shape index (κ3) is 3.05. The van der Waals surface area contributed by atoms with E-state index in [9.17, 15) is 8.78 Å². The number of halogens is 3. The van der Waals surface area contributed by atoms with Crippen LogP contribution in [-0.4, -0.2) is 16.5 Å². The number of hydrogen-bond acceptors (Lipinski definition) is 3. The molecule has 0 saturated carbocycles. The van der Waals surface area contributed by atoms with Gasteiger partial charge in [-0.3, -0.25) is 0 Å². The Kier molecular flexibility index (Phi) is 4.39. The third-order valence-electron chi connectivity index (χ3n) is 2.67. The molecule has 3 nitrogen and oxygen atoms in total. The lowest BCUT2D eigenvalue weighted by Crippen LogP contribution is -2.23. The normalized spacial score (nSPS) is 12.4. The van der Waals surface area contributed by atoms with E-state index in [0.717, 1.165) is 12.1 Å². The minimum absolute atomic E-state index is 0.179. The summed E-state index contributed by atoms with van der Waals surface area (Å²) < 4.78 is 27.5. The van der Waals surface area contributed by atoms with E-state index in [4.69, 9.17) is 11.6 Å². The Labute approximate surface area is 114 Å². The molecule has 0 bridgehead atoms. The fraction of sp³-hybridized carbons (Fsp3) is 0.231. The summed E-state index contributed by atoms with van der Waals surface area (Å²) in [6.45, 7) is 2.46. The van der Waals surface area contributed by atoms with Gasteiger partial charge < -0.3 is 5.32 Å². The summed E-state index contributed by atoms with van der Waals surface area (Å²) in [6, 6.07) is 1.55. The van der Waals surface area contributed by atoms with Crippen LogP contribution in [0.4, 0.5) is 8.78 Å². The van der Waals surface area contributed by atoms with Gasteiger partial charge in [-0.05, 0) is 18.7 Å². The molecule has 0 aliphatic rings. The van der Waals surface area contributed by atoms with Crippen LogP contribution in [0.5, 0.6) is 0 Å². The van der Waals surface area contributed by atoms with Crippen molar-refractivity contribution in [3.05, 3.63) is 58.6 Å². The highest BCUT2D eigenvalue weighted by atomic mass is 35.5. The van der Waals surface area contributed by atoms with Crippen LogP contribution in [-0.2, 0) is 0 Å². The molecular formula is C13H12ClF2N3. The van der Waals surface area contributed by atoms with E-state index in [0.29, 0.717) is 12.1 Å². The van der Waals surface area contributed by atoms with E-state index in [1.807, 2.05) is 6.92 Å². The summed E-state index contributed by atoms with van der Waals surface area (Å²) in [6.07, 6.45) is 4.50. The monoisotopic (exact) mass is 283 g/mol. The zero-order chi connectivity index (χ0) is 13.8. The quantitative estimate of drug-likeness (QED) is 0.876. The van der Waals surface area contributed by atoms with Gasteiger partial charge in [-0.15, -0.1) is 0 Å². The summed E-state index contributed by atoms with van der Waals surface area (Å²) in [7, 11) is 0. The molecule has 0 aliphatic heterocycles. The van der Waals surface area contributed by atoms with Gasteiger partial charge in [0.15, 0.2) is 0 Å². The van der Waals surface area contributed by atoms with Crippen LogP contribution in [0.2, 0.25) is 5.02 Å². The van der Waals surface area contributed by atoms with Gasteiger partial charge in [0.25, 0.3) is 0 Å². The average molecular weight is 284 g/mol. The third-order valence-corrected chi connectivity index (χ3v) is 2.96. The molecule has 100 valence electrons. The van der Waals surface area contributed by atoms with Gasteiger partial charge in [0.05, 0.1) is 11.1 Å². The number of aromatic nitrogens is 2. The van der Waals surface area contributed by atoms with E-state index in [2.05, 4.69) is 15.3 Å². The smallest absolute Gasteiger partial charge is 0.142 e. The van der Waals surface area contributed by atoms with Crippen molar-refractivity contribution in [1.82, 2.24) is 15.3 Å². The predicted octanol–water partition coefficient (Wildman–Crippen LogP) is 3.11. The van der Waals surface area contributed by atoms with Crippen LogP contribution in [0.3, 0.4) is 0 Å². The Bertz CT molecular complexity index is 563. The molecule has 1 heterocycles. The molecule has 0 fully saturated rings. The number of hydrogen-bond donors (Lipinski definition) is 1.